The van der Waals surface area contributed by atoms with Gasteiger partial charge in [-0.3, -0.25) is 4.79 Å². The molecule has 0 aliphatic rings. The Hall–Kier alpha value is -1.26. The second-order valence-electron chi connectivity index (χ2n) is 5.38. The van der Waals surface area contributed by atoms with Crippen molar-refractivity contribution in [2.45, 2.75) is 39.7 Å². The molecule has 0 radical (unpaired) electrons. The Kier molecular flexibility index (Phi) is 7.69. The van der Waals surface area contributed by atoms with E-state index in [0.717, 1.165) is 0 Å². The van der Waals surface area contributed by atoms with Gasteiger partial charge in [0.2, 0.25) is 5.91 Å². The van der Waals surface area contributed by atoms with Crippen LogP contribution in [-0.2, 0) is 20.7 Å². The van der Waals surface area contributed by atoms with Crippen molar-refractivity contribution >= 4 is 35.1 Å². The molecule has 0 aliphatic carbocycles. The number of amides is 1. The van der Waals surface area contributed by atoms with Crippen molar-refractivity contribution in [1.82, 2.24) is 5.32 Å². The van der Waals surface area contributed by atoms with Crippen molar-refractivity contribution in [2.24, 2.45) is 5.92 Å². The van der Waals surface area contributed by atoms with Gasteiger partial charge in [0.1, 0.15) is 6.04 Å². The molecule has 122 valence electrons. The molecule has 0 fully saturated rings. The third-order valence-corrected chi connectivity index (χ3v) is 3.72. The van der Waals surface area contributed by atoms with E-state index < -0.39 is 12.0 Å². The van der Waals surface area contributed by atoms with E-state index in [0.29, 0.717) is 22.0 Å². The summed E-state index contributed by atoms with van der Waals surface area (Å²) in [7, 11) is 0. The fourth-order valence-electron chi connectivity index (χ4n) is 2.04. The first-order valence-electron chi connectivity index (χ1n) is 7.24. The van der Waals surface area contributed by atoms with E-state index in [2.05, 4.69) is 5.32 Å². The van der Waals surface area contributed by atoms with Gasteiger partial charge < -0.3 is 10.1 Å². The minimum absolute atomic E-state index is 0.0203. The number of rotatable bonds is 7. The molecule has 1 aromatic rings. The zero-order chi connectivity index (χ0) is 16.7. The van der Waals surface area contributed by atoms with Crippen molar-refractivity contribution in [3.05, 3.63) is 33.8 Å². The molecule has 0 saturated heterocycles. The normalized spacial score (nSPS) is 12.1. The van der Waals surface area contributed by atoms with Crippen LogP contribution in [0, 0.1) is 5.92 Å². The molecule has 0 aromatic heterocycles. The summed E-state index contributed by atoms with van der Waals surface area (Å²) < 4.78 is 5.00. The maximum Gasteiger partial charge on any atom is 0.328 e. The van der Waals surface area contributed by atoms with Crippen LogP contribution >= 0.6 is 23.2 Å². The van der Waals surface area contributed by atoms with Crippen LogP contribution in [0.4, 0.5) is 0 Å². The van der Waals surface area contributed by atoms with Crippen LogP contribution in [0.5, 0.6) is 0 Å². The lowest BCUT2D eigenvalue weighted by Gasteiger charge is -2.19. The zero-order valence-corrected chi connectivity index (χ0v) is 14.5. The van der Waals surface area contributed by atoms with E-state index in [1.807, 2.05) is 13.8 Å². The molecule has 4 nitrogen and oxygen atoms in total. The van der Waals surface area contributed by atoms with Gasteiger partial charge in [0.15, 0.2) is 0 Å². The molecular formula is C16H21Cl2NO3. The topological polar surface area (TPSA) is 55.4 Å². The first-order valence-corrected chi connectivity index (χ1v) is 7.99. The molecule has 0 saturated carbocycles. The smallest absolute Gasteiger partial charge is 0.328 e. The van der Waals surface area contributed by atoms with Crippen LogP contribution in [0.25, 0.3) is 0 Å². The predicted octanol–water partition coefficient (Wildman–Crippen LogP) is 3.63. The summed E-state index contributed by atoms with van der Waals surface area (Å²) >= 11 is 12.1. The molecule has 0 aliphatic heterocycles. The largest absolute Gasteiger partial charge is 0.464 e. The fourth-order valence-corrected chi connectivity index (χ4v) is 2.57. The van der Waals surface area contributed by atoms with Crippen molar-refractivity contribution in [3.63, 3.8) is 0 Å². The molecule has 1 atom stereocenters. The first kappa shape index (κ1) is 18.8. The minimum Gasteiger partial charge on any atom is -0.464 e. The summed E-state index contributed by atoms with van der Waals surface area (Å²) in [6.45, 7) is 5.96. The maximum absolute atomic E-state index is 12.2. The van der Waals surface area contributed by atoms with E-state index in [9.17, 15) is 9.59 Å². The molecule has 1 rings (SSSR count). The lowest BCUT2D eigenvalue weighted by atomic mass is 10.0. The molecule has 0 heterocycles. The highest BCUT2D eigenvalue weighted by Crippen LogP contribution is 2.24. The predicted molar refractivity (Wildman–Crippen MR) is 88.2 cm³/mol. The summed E-state index contributed by atoms with van der Waals surface area (Å²) in [4.78, 5) is 24.1. The van der Waals surface area contributed by atoms with Gasteiger partial charge in [-0.1, -0.05) is 43.1 Å². The molecule has 6 heteroatoms. The van der Waals surface area contributed by atoms with Gasteiger partial charge in [-0.05, 0) is 37.0 Å². The van der Waals surface area contributed by atoms with Gasteiger partial charge in [0.25, 0.3) is 0 Å². The Morgan fingerprint density at radius 2 is 1.82 bits per heavy atom. The molecule has 0 bridgehead atoms. The Morgan fingerprint density at radius 1 is 1.23 bits per heavy atom. The Morgan fingerprint density at radius 3 is 2.32 bits per heavy atom. The van der Waals surface area contributed by atoms with Crippen LogP contribution in [0.1, 0.15) is 32.8 Å². The van der Waals surface area contributed by atoms with Crippen LogP contribution in [0.3, 0.4) is 0 Å². The second kappa shape index (κ2) is 9.01. The number of halogens is 2. The summed E-state index contributed by atoms with van der Waals surface area (Å²) in [5, 5.41) is 3.56. The van der Waals surface area contributed by atoms with Crippen molar-refractivity contribution in [2.75, 3.05) is 6.61 Å². The van der Waals surface area contributed by atoms with Crippen molar-refractivity contribution in [1.29, 1.82) is 0 Å². The van der Waals surface area contributed by atoms with Gasteiger partial charge >= 0.3 is 5.97 Å². The lowest BCUT2D eigenvalue weighted by molar-refractivity contribution is -0.147. The highest BCUT2D eigenvalue weighted by molar-refractivity contribution is 6.36. The monoisotopic (exact) mass is 345 g/mol. The molecule has 1 amide bonds. The van der Waals surface area contributed by atoms with E-state index in [4.69, 9.17) is 27.9 Å². The third kappa shape index (κ3) is 5.85. The second-order valence-corrected chi connectivity index (χ2v) is 6.19. The van der Waals surface area contributed by atoms with Gasteiger partial charge in [-0.2, -0.15) is 0 Å². The SMILES string of the molecule is CCOC(=O)C(CC(C)C)NC(=O)Cc1c(Cl)cccc1Cl. The maximum atomic E-state index is 12.2. The third-order valence-electron chi connectivity index (χ3n) is 3.01. The number of ether oxygens (including phenoxy) is 1. The Balaban J connectivity index is 2.76. The molecule has 0 spiro atoms. The van der Waals surface area contributed by atoms with Gasteiger partial charge in [0.05, 0.1) is 13.0 Å². The minimum atomic E-state index is -0.659. The summed E-state index contributed by atoms with van der Waals surface area (Å²) in [5.74, 6) is -0.484. The van der Waals surface area contributed by atoms with Crippen LogP contribution in [0.2, 0.25) is 10.0 Å². The molecule has 22 heavy (non-hydrogen) atoms. The van der Waals surface area contributed by atoms with Gasteiger partial charge in [-0.25, -0.2) is 4.79 Å². The van der Waals surface area contributed by atoms with E-state index in [-0.39, 0.29) is 24.9 Å². The lowest BCUT2D eigenvalue weighted by Crippen LogP contribution is -2.43. The number of hydrogen-bond donors (Lipinski definition) is 1. The first-order chi connectivity index (χ1) is 10.3. The standard InChI is InChI=1S/C16H21Cl2NO3/c1-4-22-16(21)14(8-10(2)3)19-15(20)9-11-12(17)6-5-7-13(11)18/h5-7,10,14H,4,8-9H2,1-3H3,(H,19,20). The highest BCUT2D eigenvalue weighted by Gasteiger charge is 2.23. The highest BCUT2D eigenvalue weighted by atomic mass is 35.5. The number of nitrogens with one attached hydrogen (secondary N) is 1. The fraction of sp³-hybridized carbons (Fsp3) is 0.500. The number of hydrogen-bond acceptors (Lipinski definition) is 3. The summed E-state index contributed by atoms with van der Waals surface area (Å²) in [5.41, 5.74) is 0.551. The Bertz CT molecular complexity index is 512. The van der Waals surface area contributed by atoms with Gasteiger partial charge in [-0.15, -0.1) is 0 Å². The average molecular weight is 346 g/mol. The molecular weight excluding hydrogens is 325 g/mol. The average Bonchev–Trinajstić information content (AvgIpc) is 2.42. The summed E-state index contributed by atoms with van der Waals surface area (Å²) in [6, 6.07) is 4.40. The molecule has 1 aromatic carbocycles. The molecule has 1 N–H and O–H groups in total. The van der Waals surface area contributed by atoms with E-state index in [1.54, 1.807) is 25.1 Å². The van der Waals surface area contributed by atoms with Gasteiger partial charge in [0, 0.05) is 10.0 Å². The van der Waals surface area contributed by atoms with E-state index >= 15 is 0 Å². The number of carbonyl (C=O) groups is 2. The van der Waals surface area contributed by atoms with Crippen molar-refractivity contribution < 1.29 is 14.3 Å². The van der Waals surface area contributed by atoms with Crippen LogP contribution in [-0.4, -0.2) is 24.5 Å². The number of esters is 1. The zero-order valence-electron chi connectivity index (χ0n) is 13.0. The number of benzene rings is 1. The van der Waals surface area contributed by atoms with E-state index in [1.165, 1.54) is 0 Å². The van der Waals surface area contributed by atoms with Crippen LogP contribution < -0.4 is 5.32 Å². The summed E-state index contributed by atoms with van der Waals surface area (Å²) in [6.07, 6.45) is 0.535. The van der Waals surface area contributed by atoms with Crippen LogP contribution in [0.15, 0.2) is 18.2 Å². The quantitative estimate of drug-likeness (QED) is 0.767. The Labute approximate surface area is 141 Å². The van der Waals surface area contributed by atoms with Crippen molar-refractivity contribution in [3.8, 4) is 0 Å². The number of carbonyl (C=O) groups excluding carboxylic acids is 2. The molecule has 1 unspecified atom stereocenters.